The van der Waals surface area contributed by atoms with Crippen molar-refractivity contribution in [3.05, 3.63) is 116 Å². The summed E-state index contributed by atoms with van der Waals surface area (Å²) in [6.45, 7) is 0. The zero-order chi connectivity index (χ0) is 22.9. The van der Waals surface area contributed by atoms with Crippen molar-refractivity contribution in [2.45, 2.75) is 0 Å². The molecule has 4 aromatic carbocycles. The van der Waals surface area contributed by atoms with E-state index in [9.17, 15) is 0 Å². The summed E-state index contributed by atoms with van der Waals surface area (Å²) in [6.07, 6.45) is 3.73. The van der Waals surface area contributed by atoms with Crippen molar-refractivity contribution in [3.8, 4) is 39.3 Å². The van der Waals surface area contributed by atoms with Gasteiger partial charge in [-0.3, -0.25) is 9.55 Å². The molecule has 0 saturated carbocycles. The van der Waals surface area contributed by atoms with E-state index >= 15 is 0 Å². The van der Waals surface area contributed by atoms with Crippen LogP contribution >= 0.6 is 0 Å². The highest BCUT2D eigenvalue weighted by Gasteiger charge is 2.25. The lowest BCUT2D eigenvalue weighted by molar-refractivity contribution is 1.08. The second-order valence-electron chi connectivity index (χ2n) is 9.07. The molecule has 3 heteroatoms. The van der Waals surface area contributed by atoms with Gasteiger partial charge in [-0.15, -0.1) is 0 Å². The number of aromatic nitrogens is 3. The summed E-state index contributed by atoms with van der Waals surface area (Å²) < 4.78 is 2.31. The van der Waals surface area contributed by atoms with Crippen LogP contribution in [0.1, 0.15) is 0 Å². The molecule has 1 aliphatic carbocycles. The van der Waals surface area contributed by atoms with Crippen molar-refractivity contribution in [3.63, 3.8) is 0 Å². The van der Waals surface area contributed by atoms with Gasteiger partial charge in [0.15, 0.2) is 0 Å². The Morgan fingerprint density at radius 1 is 0.486 bits per heavy atom. The predicted molar refractivity (Wildman–Crippen MR) is 144 cm³/mol. The van der Waals surface area contributed by atoms with Crippen LogP contribution in [0.25, 0.3) is 71.9 Å². The van der Waals surface area contributed by atoms with Crippen molar-refractivity contribution >= 4 is 32.6 Å². The molecular formula is C32H19N3. The number of rotatable bonds is 2. The third kappa shape index (κ3) is 2.50. The quantitative estimate of drug-likeness (QED) is 0.269. The molecule has 3 heterocycles. The fraction of sp³-hybridized carbons (Fsp3) is 0. The lowest BCUT2D eigenvalue weighted by Crippen LogP contribution is -1.97. The molecule has 0 amide bonds. The lowest BCUT2D eigenvalue weighted by Gasteiger charge is -2.14. The van der Waals surface area contributed by atoms with E-state index in [2.05, 4.69) is 89.5 Å². The van der Waals surface area contributed by atoms with Crippen molar-refractivity contribution < 1.29 is 0 Å². The van der Waals surface area contributed by atoms with E-state index in [0.717, 1.165) is 22.6 Å². The second-order valence-corrected chi connectivity index (χ2v) is 9.07. The van der Waals surface area contributed by atoms with E-state index in [-0.39, 0.29) is 0 Å². The normalized spacial score (nSPS) is 12.0. The Hall–Kier alpha value is -4.76. The minimum Gasteiger partial charge on any atom is -0.294 e. The largest absolute Gasteiger partial charge is 0.294 e. The zero-order valence-electron chi connectivity index (χ0n) is 18.8. The molecule has 3 nitrogen and oxygen atoms in total. The molecule has 0 N–H and O–H groups in total. The maximum atomic E-state index is 4.77. The van der Waals surface area contributed by atoms with Crippen LogP contribution in [0.5, 0.6) is 0 Å². The number of pyridine rings is 2. The number of hydrogen-bond acceptors (Lipinski definition) is 2. The molecule has 0 bridgehead atoms. The molecule has 162 valence electrons. The Labute approximate surface area is 202 Å². The van der Waals surface area contributed by atoms with Crippen LogP contribution in [0.3, 0.4) is 0 Å². The first-order valence-electron chi connectivity index (χ1n) is 11.8. The Balaban J connectivity index is 1.68. The van der Waals surface area contributed by atoms with Gasteiger partial charge in [0.1, 0.15) is 5.82 Å². The van der Waals surface area contributed by atoms with E-state index < -0.39 is 0 Å². The standard InChI is InChI=1S/C32H19N3/c1-2-10-23-22(9-1)24-11-7-8-20-14-15-27-32(30(20)24)31-25(23)18-21(26-12-3-5-16-33-26)19-28(31)35(27)29-13-4-6-17-34-29/h1-19H. The smallest absolute Gasteiger partial charge is 0.137 e. The number of fused-ring (bicyclic) bond motifs is 3. The molecule has 8 rings (SSSR count). The first kappa shape index (κ1) is 18.6. The molecule has 35 heavy (non-hydrogen) atoms. The Morgan fingerprint density at radius 3 is 2.06 bits per heavy atom. The highest BCUT2D eigenvalue weighted by molar-refractivity contribution is 6.30. The summed E-state index contributed by atoms with van der Waals surface area (Å²) in [6, 6.07) is 36.7. The first-order valence-corrected chi connectivity index (χ1v) is 11.8. The number of hydrogen-bond donors (Lipinski definition) is 0. The van der Waals surface area contributed by atoms with E-state index in [4.69, 9.17) is 9.97 Å². The molecular weight excluding hydrogens is 426 g/mol. The monoisotopic (exact) mass is 445 g/mol. The number of nitrogens with zero attached hydrogens (tertiary/aromatic N) is 3. The molecule has 7 aromatic rings. The van der Waals surface area contributed by atoms with Crippen LogP contribution in [-0.2, 0) is 0 Å². The van der Waals surface area contributed by atoms with Crippen LogP contribution in [0.4, 0.5) is 0 Å². The van der Waals surface area contributed by atoms with Gasteiger partial charge in [-0.05, 0) is 75.5 Å². The van der Waals surface area contributed by atoms with Gasteiger partial charge >= 0.3 is 0 Å². The van der Waals surface area contributed by atoms with Gasteiger partial charge in [-0.25, -0.2) is 4.98 Å². The molecule has 0 atom stereocenters. The summed E-state index contributed by atoms with van der Waals surface area (Å²) >= 11 is 0. The fourth-order valence-electron chi connectivity index (χ4n) is 5.81. The van der Waals surface area contributed by atoms with Crippen LogP contribution < -0.4 is 0 Å². The van der Waals surface area contributed by atoms with Gasteiger partial charge in [0.25, 0.3) is 0 Å². The van der Waals surface area contributed by atoms with E-state index in [0.29, 0.717) is 0 Å². The third-order valence-corrected chi connectivity index (χ3v) is 7.22. The van der Waals surface area contributed by atoms with E-state index in [1.807, 2.05) is 30.6 Å². The molecule has 0 unspecified atom stereocenters. The highest BCUT2D eigenvalue weighted by Crippen LogP contribution is 2.50. The van der Waals surface area contributed by atoms with Crippen LogP contribution in [0.2, 0.25) is 0 Å². The van der Waals surface area contributed by atoms with Gasteiger partial charge in [0, 0.05) is 28.7 Å². The fourth-order valence-corrected chi connectivity index (χ4v) is 5.81. The maximum absolute atomic E-state index is 4.77. The molecule has 0 spiro atoms. The van der Waals surface area contributed by atoms with Crippen molar-refractivity contribution in [1.29, 1.82) is 0 Å². The third-order valence-electron chi connectivity index (χ3n) is 7.22. The van der Waals surface area contributed by atoms with Gasteiger partial charge in [0.2, 0.25) is 0 Å². The van der Waals surface area contributed by atoms with Gasteiger partial charge in [-0.1, -0.05) is 60.7 Å². The van der Waals surface area contributed by atoms with Crippen LogP contribution in [0, 0.1) is 0 Å². The predicted octanol–water partition coefficient (Wildman–Crippen LogP) is 8.04. The zero-order valence-corrected chi connectivity index (χ0v) is 18.8. The Kier molecular flexibility index (Phi) is 3.66. The summed E-state index contributed by atoms with van der Waals surface area (Å²) in [4.78, 5) is 9.46. The van der Waals surface area contributed by atoms with Crippen molar-refractivity contribution in [2.75, 3.05) is 0 Å². The maximum Gasteiger partial charge on any atom is 0.137 e. The van der Waals surface area contributed by atoms with Crippen molar-refractivity contribution in [2.24, 2.45) is 0 Å². The van der Waals surface area contributed by atoms with Crippen molar-refractivity contribution in [1.82, 2.24) is 14.5 Å². The summed E-state index contributed by atoms with van der Waals surface area (Å²) in [5, 5.41) is 5.12. The topological polar surface area (TPSA) is 30.7 Å². The van der Waals surface area contributed by atoms with E-state index in [1.165, 1.54) is 49.3 Å². The average molecular weight is 446 g/mol. The Bertz CT molecular complexity index is 1930. The second kappa shape index (κ2) is 6.87. The molecule has 3 aromatic heterocycles. The van der Waals surface area contributed by atoms with Crippen LogP contribution in [0.15, 0.2) is 116 Å². The van der Waals surface area contributed by atoms with Gasteiger partial charge in [-0.2, -0.15) is 0 Å². The Morgan fingerprint density at radius 2 is 1.26 bits per heavy atom. The minimum absolute atomic E-state index is 0.919. The molecule has 1 aliphatic rings. The van der Waals surface area contributed by atoms with E-state index in [1.54, 1.807) is 0 Å². The molecule has 0 fully saturated rings. The SMILES string of the molecule is c1ccc(-c2cc3c4c5c6c(cccc6ccc5n(-c5ccccn5)c4c2)-c2ccccc2-3)nc1. The van der Waals surface area contributed by atoms with Crippen LogP contribution in [-0.4, -0.2) is 14.5 Å². The highest BCUT2D eigenvalue weighted by atomic mass is 15.1. The summed E-state index contributed by atoms with van der Waals surface area (Å²) in [5.41, 5.74) is 9.42. The van der Waals surface area contributed by atoms with Gasteiger partial charge in [0.05, 0.1) is 16.7 Å². The summed E-state index contributed by atoms with van der Waals surface area (Å²) in [7, 11) is 0. The lowest BCUT2D eigenvalue weighted by atomic mass is 9.92. The number of benzene rings is 4. The summed E-state index contributed by atoms with van der Waals surface area (Å²) in [5.74, 6) is 0.919. The molecule has 0 aliphatic heterocycles. The average Bonchev–Trinajstić information content (AvgIpc) is 3.21. The van der Waals surface area contributed by atoms with Gasteiger partial charge < -0.3 is 0 Å². The molecule has 0 radical (unpaired) electrons. The minimum atomic E-state index is 0.919. The first-order chi connectivity index (χ1) is 17.4. The molecule has 0 saturated heterocycles.